The Balaban J connectivity index is 2.12. The maximum Gasteiger partial charge on any atom is 0.265 e. The zero-order valence-corrected chi connectivity index (χ0v) is 15.4. The summed E-state index contributed by atoms with van der Waals surface area (Å²) in [5.74, 6) is 0. The fraction of sp³-hybridized carbons (Fsp3) is 0.312. The van der Waals surface area contributed by atoms with Crippen LogP contribution in [0.3, 0.4) is 0 Å². The first-order valence-electron chi connectivity index (χ1n) is 7.42. The maximum atomic E-state index is 12.8. The number of thiophene rings is 1. The summed E-state index contributed by atoms with van der Waals surface area (Å²) >= 11 is 1.34. The molecule has 0 saturated carbocycles. The number of likely N-dealkylation sites (N-methyl/N-ethyl adjacent to an activating group) is 1. The quantitative estimate of drug-likeness (QED) is 0.616. The zero-order chi connectivity index (χ0) is 17.3. The largest absolute Gasteiger partial charge is 0.394 e. The molecule has 1 aromatic heterocycles. The molecule has 8 heteroatoms. The van der Waals surface area contributed by atoms with E-state index in [4.69, 9.17) is 4.84 Å². The number of hydrogen-bond acceptors (Lipinski definition) is 6. The van der Waals surface area contributed by atoms with Gasteiger partial charge < -0.3 is 9.74 Å². The van der Waals surface area contributed by atoms with Gasteiger partial charge in [0.2, 0.25) is 0 Å². The minimum Gasteiger partial charge on any atom is -0.394 e. The van der Waals surface area contributed by atoms with Gasteiger partial charge in [-0.15, -0.1) is 0 Å². The molecule has 0 N–H and O–H groups in total. The lowest BCUT2D eigenvalue weighted by Gasteiger charge is -2.18. The molecule has 0 unspecified atom stereocenters. The number of fused-ring (bicyclic) bond motifs is 2. The minimum absolute atomic E-state index is 0.265. The molecule has 0 bridgehead atoms. The van der Waals surface area contributed by atoms with Crippen LogP contribution in [0.5, 0.6) is 0 Å². The molecular formula is C16H19N3O3S2. The molecule has 0 spiro atoms. The van der Waals surface area contributed by atoms with Gasteiger partial charge in [-0.05, 0) is 20.2 Å². The number of benzene rings is 1. The number of anilines is 1. The number of rotatable bonds is 4. The van der Waals surface area contributed by atoms with Gasteiger partial charge in [-0.25, -0.2) is 8.42 Å². The van der Waals surface area contributed by atoms with E-state index >= 15 is 0 Å². The Morgan fingerprint density at radius 2 is 1.96 bits per heavy atom. The smallest absolute Gasteiger partial charge is 0.265 e. The third-order valence-corrected chi connectivity index (χ3v) is 6.51. The Labute approximate surface area is 146 Å². The van der Waals surface area contributed by atoms with Crippen molar-refractivity contribution in [1.29, 1.82) is 0 Å². The van der Waals surface area contributed by atoms with E-state index in [2.05, 4.69) is 5.16 Å². The van der Waals surface area contributed by atoms with Gasteiger partial charge >= 0.3 is 0 Å². The van der Waals surface area contributed by atoms with Crippen molar-refractivity contribution in [2.45, 2.75) is 4.90 Å². The van der Waals surface area contributed by atoms with Crippen molar-refractivity contribution in [2.75, 3.05) is 38.6 Å². The van der Waals surface area contributed by atoms with Crippen molar-refractivity contribution in [3.63, 3.8) is 0 Å². The lowest BCUT2D eigenvalue weighted by atomic mass is 10.0. The summed E-state index contributed by atoms with van der Waals surface area (Å²) < 4.78 is 27.0. The molecule has 2 aromatic rings. The second-order valence-electron chi connectivity index (χ2n) is 5.72. The first-order valence-corrected chi connectivity index (χ1v) is 9.81. The van der Waals surface area contributed by atoms with Crippen molar-refractivity contribution >= 4 is 32.8 Å². The molecule has 6 nitrogen and oxygen atoms in total. The Hall–Kier alpha value is -1.90. The molecule has 3 rings (SSSR count). The highest BCUT2D eigenvalue weighted by Crippen LogP contribution is 2.36. The predicted octanol–water partition coefficient (Wildman–Crippen LogP) is 2.22. The van der Waals surface area contributed by atoms with Gasteiger partial charge in [-0.1, -0.05) is 23.4 Å². The summed E-state index contributed by atoms with van der Waals surface area (Å²) in [6, 6.07) is 7.32. The highest BCUT2D eigenvalue weighted by atomic mass is 32.2. The summed E-state index contributed by atoms with van der Waals surface area (Å²) in [5, 5.41) is 7.72. The molecule has 2 heterocycles. The van der Waals surface area contributed by atoms with E-state index in [0.717, 1.165) is 12.1 Å². The number of sulfonamides is 1. The van der Waals surface area contributed by atoms with Crippen LogP contribution in [0.4, 0.5) is 5.69 Å². The molecule has 0 amide bonds. The number of hydrogen-bond donors (Lipinski definition) is 0. The van der Waals surface area contributed by atoms with Crippen molar-refractivity contribution in [3.8, 4) is 0 Å². The zero-order valence-electron chi connectivity index (χ0n) is 13.8. The lowest BCUT2D eigenvalue weighted by molar-refractivity contribution is 0.126. The summed E-state index contributed by atoms with van der Waals surface area (Å²) in [6.07, 6.45) is 0. The lowest BCUT2D eigenvalue weighted by Crippen LogP contribution is -2.26. The molecule has 0 saturated heterocycles. The number of oxime groups is 1. The Morgan fingerprint density at radius 1 is 1.21 bits per heavy atom. The van der Waals surface area contributed by atoms with Crippen molar-refractivity contribution in [2.24, 2.45) is 5.16 Å². The summed E-state index contributed by atoms with van der Waals surface area (Å²) in [6.45, 7) is 1.16. The van der Waals surface area contributed by atoms with Crippen LogP contribution in [0.2, 0.25) is 0 Å². The third-order valence-electron chi connectivity index (χ3n) is 3.80. The van der Waals surface area contributed by atoms with E-state index in [0.29, 0.717) is 23.6 Å². The van der Waals surface area contributed by atoms with Gasteiger partial charge in [0.25, 0.3) is 10.0 Å². The molecule has 1 aliphatic heterocycles. The van der Waals surface area contributed by atoms with Crippen LogP contribution >= 0.6 is 11.3 Å². The average Bonchev–Trinajstić information content (AvgIpc) is 3.02. The summed E-state index contributed by atoms with van der Waals surface area (Å²) in [7, 11) is 1.86. The van der Waals surface area contributed by atoms with Gasteiger partial charge in [-0.2, -0.15) is 11.3 Å². The Kier molecular flexibility index (Phi) is 4.62. The Bertz CT molecular complexity index is 872. The Morgan fingerprint density at radius 3 is 2.71 bits per heavy atom. The second kappa shape index (κ2) is 6.54. The van der Waals surface area contributed by atoms with E-state index in [-0.39, 0.29) is 4.90 Å². The van der Waals surface area contributed by atoms with Gasteiger partial charge in [-0.3, -0.25) is 4.31 Å². The molecule has 0 radical (unpaired) electrons. The van der Waals surface area contributed by atoms with Crippen molar-refractivity contribution in [3.05, 3.63) is 46.2 Å². The van der Waals surface area contributed by atoms with Crippen LogP contribution in [0, 0.1) is 0 Å². The standard InChI is InChI=1S/C16H19N3O3S2/c1-18(2)8-9-22-17-16-12-6-4-5-7-14(12)19(3)24(20,21)15-11-23-10-13(15)16/h4-7,10-11H,8-9H2,1-3H3/b17-16-. The molecular weight excluding hydrogens is 346 g/mol. The van der Waals surface area contributed by atoms with E-state index in [9.17, 15) is 8.42 Å². The van der Waals surface area contributed by atoms with E-state index < -0.39 is 10.0 Å². The van der Waals surface area contributed by atoms with Crippen molar-refractivity contribution < 1.29 is 13.3 Å². The van der Waals surface area contributed by atoms with E-state index in [1.54, 1.807) is 23.9 Å². The van der Waals surface area contributed by atoms with E-state index in [1.165, 1.54) is 15.6 Å². The minimum atomic E-state index is -3.61. The van der Waals surface area contributed by atoms with Gasteiger partial charge in [0, 0.05) is 35.5 Å². The van der Waals surface area contributed by atoms with Crippen LogP contribution < -0.4 is 4.31 Å². The summed E-state index contributed by atoms with van der Waals surface area (Å²) in [5.41, 5.74) is 2.47. The van der Waals surface area contributed by atoms with Crippen LogP contribution in [-0.2, 0) is 14.9 Å². The normalized spacial score (nSPS) is 17.5. The van der Waals surface area contributed by atoms with Crippen molar-refractivity contribution in [1.82, 2.24) is 4.90 Å². The number of para-hydroxylation sites is 1. The second-order valence-corrected chi connectivity index (χ2v) is 8.40. The molecule has 1 aliphatic rings. The average molecular weight is 365 g/mol. The molecule has 0 fully saturated rings. The van der Waals surface area contributed by atoms with Crippen LogP contribution in [-0.4, -0.2) is 53.3 Å². The van der Waals surface area contributed by atoms with Crippen LogP contribution in [0.1, 0.15) is 11.1 Å². The van der Waals surface area contributed by atoms with Crippen LogP contribution in [0.15, 0.2) is 45.1 Å². The molecule has 128 valence electrons. The van der Waals surface area contributed by atoms with Gasteiger partial charge in [0.1, 0.15) is 17.2 Å². The maximum absolute atomic E-state index is 12.8. The monoisotopic (exact) mass is 365 g/mol. The third kappa shape index (κ3) is 2.92. The SMILES string of the molecule is CN(C)CCO/N=C1/c2ccccc2N(C)S(=O)(=O)c2cscc21. The van der Waals surface area contributed by atoms with Crippen LogP contribution in [0.25, 0.3) is 0 Å². The van der Waals surface area contributed by atoms with E-state index in [1.807, 2.05) is 37.2 Å². The first kappa shape index (κ1) is 16.9. The summed E-state index contributed by atoms with van der Waals surface area (Å²) in [4.78, 5) is 7.72. The predicted molar refractivity (Wildman–Crippen MR) is 96.5 cm³/mol. The fourth-order valence-corrected chi connectivity index (χ4v) is 5.03. The highest BCUT2D eigenvalue weighted by molar-refractivity contribution is 7.93. The molecule has 0 atom stereocenters. The molecule has 24 heavy (non-hydrogen) atoms. The topological polar surface area (TPSA) is 62.2 Å². The first-order chi connectivity index (χ1) is 11.4. The van der Waals surface area contributed by atoms with Gasteiger partial charge in [0.15, 0.2) is 0 Å². The number of nitrogens with zero attached hydrogens (tertiary/aromatic N) is 3. The molecule has 0 aliphatic carbocycles. The van der Waals surface area contributed by atoms with Gasteiger partial charge in [0.05, 0.1) is 5.69 Å². The fourth-order valence-electron chi connectivity index (χ4n) is 2.46. The molecule has 1 aromatic carbocycles. The highest BCUT2D eigenvalue weighted by Gasteiger charge is 2.33.